The summed E-state index contributed by atoms with van der Waals surface area (Å²) in [6.45, 7) is 4.78. The molecule has 0 spiro atoms. The fourth-order valence-corrected chi connectivity index (χ4v) is 2.12. The Labute approximate surface area is 116 Å². The van der Waals surface area contributed by atoms with E-state index in [1.807, 2.05) is 18.7 Å². The first-order valence-electron chi connectivity index (χ1n) is 6.54. The van der Waals surface area contributed by atoms with Crippen molar-refractivity contribution in [2.75, 3.05) is 11.4 Å². The van der Waals surface area contributed by atoms with Gasteiger partial charge in [-0.05, 0) is 18.8 Å². The van der Waals surface area contributed by atoms with Gasteiger partial charge in [0.1, 0.15) is 17.6 Å². The molecule has 1 aliphatic rings. The van der Waals surface area contributed by atoms with Crippen molar-refractivity contribution in [1.29, 1.82) is 0 Å². The Kier molecular flexibility index (Phi) is 3.87. The van der Waals surface area contributed by atoms with Gasteiger partial charge in [0.25, 0.3) is 5.69 Å². The van der Waals surface area contributed by atoms with Gasteiger partial charge in [-0.1, -0.05) is 13.8 Å². The molecular weight excluding hydrogens is 262 g/mol. The second-order valence-electron chi connectivity index (χ2n) is 5.40. The van der Waals surface area contributed by atoms with Gasteiger partial charge < -0.3 is 10.0 Å². The SMILES string of the molecule is CC(C)CN(c1ncc([N+](=O)[O-])cc1C(=O)O)C1CC1. The molecule has 1 saturated carbocycles. The molecule has 1 fully saturated rings. The molecule has 0 bridgehead atoms. The van der Waals surface area contributed by atoms with E-state index in [2.05, 4.69) is 4.98 Å². The lowest BCUT2D eigenvalue weighted by atomic mass is 10.1. The third-order valence-corrected chi connectivity index (χ3v) is 3.11. The third kappa shape index (κ3) is 3.04. The number of hydrogen-bond acceptors (Lipinski definition) is 5. The molecule has 0 radical (unpaired) electrons. The summed E-state index contributed by atoms with van der Waals surface area (Å²) in [6, 6.07) is 1.38. The van der Waals surface area contributed by atoms with Gasteiger partial charge in [-0.2, -0.15) is 0 Å². The van der Waals surface area contributed by atoms with Crippen LogP contribution in [0.5, 0.6) is 0 Å². The molecule has 108 valence electrons. The maximum Gasteiger partial charge on any atom is 0.339 e. The van der Waals surface area contributed by atoms with Crippen molar-refractivity contribution in [3.63, 3.8) is 0 Å². The molecule has 1 aliphatic carbocycles. The predicted octanol–water partition coefficient (Wildman–Crippen LogP) is 2.31. The van der Waals surface area contributed by atoms with Crippen LogP contribution in [0.1, 0.15) is 37.0 Å². The van der Waals surface area contributed by atoms with E-state index < -0.39 is 10.9 Å². The number of hydrogen-bond donors (Lipinski definition) is 1. The van der Waals surface area contributed by atoms with Crippen LogP contribution in [-0.2, 0) is 0 Å². The van der Waals surface area contributed by atoms with Gasteiger partial charge in [0.05, 0.1) is 4.92 Å². The molecule has 0 aliphatic heterocycles. The first kappa shape index (κ1) is 14.2. The molecule has 2 rings (SSSR count). The minimum atomic E-state index is -1.19. The molecule has 0 atom stereocenters. The van der Waals surface area contributed by atoms with Crippen molar-refractivity contribution >= 4 is 17.5 Å². The van der Waals surface area contributed by atoms with E-state index in [9.17, 15) is 20.0 Å². The molecule has 1 aromatic rings. The summed E-state index contributed by atoms with van der Waals surface area (Å²) in [7, 11) is 0. The molecule has 7 nitrogen and oxygen atoms in total. The molecule has 1 heterocycles. The normalized spacial score (nSPS) is 14.3. The molecular formula is C13H17N3O4. The van der Waals surface area contributed by atoms with E-state index in [0.717, 1.165) is 25.1 Å². The highest BCUT2D eigenvalue weighted by Gasteiger charge is 2.33. The van der Waals surface area contributed by atoms with Gasteiger partial charge in [0.2, 0.25) is 0 Å². The van der Waals surface area contributed by atoms with Crippen LogP contribution in [0.2, 0.25) is 0 Å². The zero-order chi connectivity index (χ0) is 14.9. The molecule has 20 heavy (non-hydrogen) atoms. The standard InChI is InChI=1S/C13H17N3O4/c1-8(2)7-15(9-3-4-9)12-11(13(17)18)5-10(6-14-12)16(19)20/h5-6,8-9H,3-4,7H2,1-2H3,(H,17,18). The van der Waals surface area contributed by atoms with Gasteiger partial charge in [-0.3, -0.25) is 10.1 Å². The summed E-state index contributed by atoms with van der Waals surface area (Å²) in [5, 5.41) is 20.0. The zero-order valence-corrected chi connectivity index (χ0v) is 11.4. The minimum Gasteiger partial charge on any atom is -0.478 e. The Morgan fingerprint density at radius 2 is 2.25 bits per heavy atom. The van der Waals surface area contributed by atoms with Crippen LogP contribution in [0.3, 0.4) is 0 Å². The number of aromatic carboxylic acids is 1. The molecule has 0 amide bonds. The number of carboxylic acid groups (broad SMARTS) is 1. The predicted molar refractivity (Wildman–Crippen MR) is 73.1 cm³/mol. The van der Waals surface area contributed by atoms with Crippen LogP contribution in [0, 0.1) is 16.0 Å². The zero-order valence-electron chi connectivity index (χ0n) is 11.4. The van der Waals surface area contributed by atoms with Gasteiger partial charge in [0, 0.05) is 18.7 Å². The van der Waals surface area contributed by atoms with E-state index in [-0.39, 0.29) is 11.3 Å². The molecule has 0 unspecified atom stereocenters. The van der Waals surface area contributed by atoms with E-state index in [1.165, 1.54) is 0 Å². The van der Waals surface area contributed by atoms with E-state index in [0.29, 0.717) is 24.3 Å². The number of aromatic nitrogens is 1. The average molecular weight is 279 g/mol. The number of carboxylic acids is 1. The molecule has 7 heteroatoms. The molecule has 0 saturated heterocycles. The van der Waals surface area contributed by atoms with Gasteiger partial charge >= 0.3 is 5.97 Å². The molecule has 0 aromatic carbocycles. The lowest BCUT2D eigenvalue weighted by Gasteiger charge is -2.26. The van der Waals surface area contributed by atoms with E-state index >= 15 is 0 Å². The van der Waals surface area contributed by atoms with Crippen LogP contribution in [0.25, 0.3) is 0 Å². The quantitative estimate of drug-likeness (QED) is 0.634. The van der Waals surface area contributed by atoms with Crippen molar-refractivity contribution in [3.05, 3.63) is 27.9 Å². The van der Waals surface area contributed by atoms with Crippen LogP contribution < -0.4 is 4.90 Å². The number of pyridine rings is 1. The highest BCUT2D eigenvalue weighted by molar-refractivity contribution is 5.94. The lowest BCUT2D eigenvalue weighted by Crippen LogP contribution is -2.32. The lowest BCUT2D eigenvalue weighted by molar-refractivity contribution is -0.385. The average Bonchev–Trinajstić information content (AvgIpc) is 3.19. The highest BCUT2D eigenvalue weighted by Crippen LogP contribution is 2.34. The molecule has 1 N–H and O–H groups in total. The summed E-state index contributed by atoms with van der Waals surface area (Å²) in [5.41, 5.74) is -0.404. The summed E-state index contributed by atoms with van der Waals surface area (Å²) in [6.07, 6.45) is 3.13. The fourth-order valence-electron chi connectivity index (χ4n) is 2.12. The van der Waals surface area contributed by atoms with Crippen molar-refractivity contribution in [2.45, 2.75) is 32.7 Å². The van der Waals surface area contributed by atoms with Crippen LogP contribution in [0.15, 0.2) is 12.3 Å². The smallest absolute Gasteiger partial charge is 0.339 e. The summed E-state index contributed by atoms with van der Waals surface area (Å²) >= 11 is 0. The van der Waals surface area contributed by atoms with Crippen molar-refractivity contribution < 1.29 is 14.8 Å². The van der Waals surface area contributed by atoms with Gasteiger partial charge in [-0.15, -0.1) is 0 Å². The highest BCUT2D eigenvalue weighted by atomic mass is 16.6. The van der Waals surface area contributed by atoms with Crippen molar-refractivity contribution in [2.24, 2.45) is 5.92 Å². The van der Waals surface area contributed by atoms with Crippen LogP contribution >= 0.6 is 0 Å². The summed E-state index contributed by atoms with van der Waals surface area (Å²) in [5.74, 6) is -0.501. The third-order valence-electron chi connectivity index (χ3n) is 3.11. The van der Waals surface area contributed by atoms with E-state index in [1.54, 1.807) is 0 Å². The summed E-state index contributed by atoms with van der Waals surface area (Å²) in [4.78, 5) is 27.4. The Morgan fingerprint density at radius 3 is 2.70 bits per heavy atom. The Hall–Kier alpha value is -2.18. The van der Waals surface area contributed by atoms with Crippen molar-refractivity contribution in [1.82, 2.24) is 4.98 Å². The Balaban J connectivity index is 2.42. The second-order valence-corrected chi connectivity index (χ2v) is 5.40. The monoisotopic (exact) mass is 279 g/mol. The number of nitrogens with zero attached hydrogens (tertiary/aromatic N) is 3. The fraction of sp³-hybridized carbons (Fsp3) is 0.538. The minimum absolute atomic E-state index is 0.105. The first-order chi connectivity index (χ1) is 9.40. The van der Waals surface area contributed by atoms with Gasteiger partial charge in [-0.25, -0.2) is 9.78 Å². The Morgan fingerprint density at radius 1 is 1.60 bits per heavy atom. The largest absolute Gasteiger partial charge is 0.478 e. The topological polar surface area (TPSA) is 96.6 Å². The Bertz CT molecular complexity index is 540. The maximum absolute atomic E-state index is 11.3. The molecule has 1 aromatic heterocycles. The van der Waals surface area contributed by atoms with Crippen LogP contribution in [-0.4, -0.2) is 33.6 Å². The van der Waals surface area contributed by atoms with Crippen molar-refractivity contribution in [3.8, 4) is 0 Å². The second kappa shape index (κ2) is 5.44. The number of carbonyl (C=O) groups is 1. The number of anilines is 1. The number of nitro groups is 1. The van der Waals surface area contributed by atoms with Gasteiger partial charge in [0.15, 0.2) is 0 Å². The van der Waals surface area contributed by atoms with Crippen LogP contribution in [0.4, 0.5) is 11.5 Å². The maximum atomic E-state index is 11.3. The first-order valence-corrected chi connectivity index (χ1v) is 6.54. The summed E-state index contributed by atoms with van der Waals surface area (Å²) < 4.78 is 0. The number of rotatable bonds is 6. The van der Waals surface area contributed by atoms with E-state index in [4.69, 9.17) is 0 Å².